The highest BCUT2D eigenvalue weighted by atomic mass is 16.5. The molecule has 1 amide bonds. The molecule has 1 aliphatic rings. The molecule has 5 rings (SSSR count). The number of imidazole rings is 1. The monoisotopic (exact) mass is 437 g/mol. The van der Waals surface area contributed by atoms with Crippen LogP contribution < -0.4 is 10.1 Å². The van der Waals surface area contributed by atoms with Crippen LogP contribution in [0.15, 0.2) is 91.1 Å². The maximum absolute atomic E-state index is 12.8. The van der Waals surface area contributed by atoms with Gasteiger partial charge in [-0.2, -0.15) is 0 Å². The Hall–Kier alpha value is -3.86. The molecule has 4 aromatic rings. The first-order valence-corrected chi connectivity index (χ1v) is 11.4. The number of fused-ring (bicyclic) bond motifs is 1. The smallest absolute Gasteiger partial charge is 0.271 e. The number of hydrogen-bond acceptors (Lipinski definition) is 3. The summed E-state index contributed by atoms with van der Waals surface area (Å²) >= 11 is 0. The van der Waals surface area contributed by atoms with Crippen LogP contribution in [0.2, 0.25) is 0 Å². The fraction of sp³-hybridized carbons (Fsp3) is 0.214. The molecule has 1 aliphatic heterocycles. The summed E-state index contributed by atoms with van der Waals surface area (Å²) in [5, 5.41) is 3.06. The molecule has 0 saturated carbocycles. The third-order valence-corrected chi connectivity index (χ3v) is 6.20. The Morgan fingerprint density at radius 3 is 2.36 bits per heavy atom. The van der Waals surface area contributed by atoms with Gasteiger partial charge in [-0.15, -0.1) is 0 Å². The molecule has 5 nitrogen and oxygen atoms in total. The van der Waals surface area contributed by atoms with Crippen molar-refractivity contribution in [2.75, 3.05) is 0 Å². The van der Waals surface area contributed by atoms with Gasteiger partial charge in [0.1, 0.15) is 23.0 Å². The molecule has 0 bridgehead atoms. The Morgan fingerprint density at radius 1 is 0.970 bits per heavy atom. The van der Waals surface area contributed by atoms with E-state index in [0.29, 0.717) is 11.6 Å². The minimum atomic E-state index is -0.132. The topological polar surface area (TPSA) is 56.2 Å². The normalized spacial score (nSPS) is 16.0. The number of hydrogen-bond donors (Lipinski definition) is 1. The first-order chi connectivity index (χ1) is 16.2. The Morgan fingerprint density at radius 2 is 1.64 bits per heavy atom. The van der Waals surface area contributed by atoms with Crippen LogP contribution in [0, 0.1) is 0 Å². The predicted molar refractivity (Wildman–Crippen MR) is 129 cm³/mol. The van der Waals surface area contributed by atoms with Gasteiger partial charge in [0.25, 0.3) is 5.91 Å². The third kappa shape index (κ3) is 4.82. The van der Waals surface area contributed by atoms with Gasteiger partial charge < -0.3 is 14.6 Å². The van der Waals surface area contributed by atoms with Crippen molar-refractivity contribution in [3.05, 3.63) is 114 Å². The maximum Gasteiger partial charge on any atom is 0.271 e. The summed E-state index contributed by atoms with van der Waals surface area (Å²) in [5.41, 5.74) is 2.84. The SMILES string of the molecule is C[C@H](NC(=O)c1cn2c(n1)CC[C@@H](c1ccc(Oc3ccccc3)cc1)C2)c1ccccc1. The van der Waals surface area contributed by atoms with Crippen molar-refractivity contribution in [3.63, 3.8) is 0 Å². The lowest BCUT2D eigenvalue weighted by molar-refractivity contribution is 0.0935. The molecule has 0 aliphatic carbocycles. The summed E-state index contributed by atoms with van der Waals surface area (Å²) in [6, 6.07) is 28.0. The Kier molecular flexibility index (Phi) is 5.94. The molecule has 0 saturated heterocycles. The minimum absolute atomic E-state index is 0.0678. The Balaban J connectivity index is 1.23. The zero-order valence-electron chi connectivity index (χ0n) is 18.6. The maximum atomic E-state index is 12.8. The van der Waals surface area contributed by atoms with Crippen LogP contribution in [0.3, 0.4) is 0 Å². The largest absolute Gasteiger partial charge is 0.457 e. The number of aryl methyl sites for hydroxylation is 1. The van der Waals surface area contributed by atoms with Crippen molar-refractivity contribution in [1.82, 2.24) is 14.9 Å². The molecule has 166 valence electrons. The van der Waals surface area contributed by atoms with Crippen molar-refractivity contribution in [3.8, 4) is 11.5 Å². The summed E-state index contributed by atoms with van der Waals surface area (Å²) in [7, 11) is 0. The summed E-state index contributed by atoms with van der Waals surface area (Å²) in [6.45, 7) is 2.81. The lowest BCUT2D eigenvalue weighted by Gasteiger charge is -2.24. The predicted octanol–water partition coefficient (Wildman–Crippen LogP) is 5.90. The van der Waals surface area contributed by atoms with E-state index in [9.17, 15) is 4.79 Å². The van der Waals surface area contributed by atoms with Gasteiger partial charge in [-0.1, -0.05) is 60.7 Å². The van der Waals surface area contributed by atoms with Gasteiger partial charge >= 0.3 is 0 Å². The summed E-state index contributed by atoms with van der Waals surface area (Å²) in [6.07, 6.45) is 3.76. The number of nitrogens with zero attached hydrogens (tertiary/aromatic N) is 2. The molecule has 3 aromatic carbocycles. The highest BCUT2D eigenvalue weighted by Gasteiger charge is 2.24. The molecule has 2 heterocycles. The van der Waals surface area contributed by atoms with E-state index in [4.69, 9.17) is 4.74 Å². The van der Waals surface area contributed by atoms with Crippen LogP contribution in [-0.2, 0) is 13.0 Å². The molecular weight excluding hydrogens is 410 g/mol. The van der Waals surface area contributed by atoms with Crippen LogP contribution in [0.4, 0.5) is 0 Å². The molecule has 1 aromatic heterocycles. The van der Waals surface area contributed by atoms with Crippen molar-refractivity contribution in [1.29, 1.82) is 0 Å². The van der Waals surface area contributed by atoms with Gasteiger partial charge in [-0.05, 0) is 48.7 Å². The van der Waals surface area contributed by atoms with E-state index < -0.39 is 0 Å². The third-order valence-electron chi connectivity index (χ3n) is 6.20. The van der Waals surface area contributed by atoms with E-state index in [2.05, 4.69) is 27.0 Å². The van der Waals surface area contributed by atoms with Crippen molar-refractivity contribution < 1.29 is 9.53 Å². The van der Waals surface area contributed by atoms with E-state index in [-0.39, 0.29) is 11.9 Å². The number of rotatable bonds is 6. The molecule has 0 spiro atoms. The van der Waals surface area contributed by atoms with E-state index in [1.807, 2.05) is 85.9 Å². The standard InChI is InChI=1S/C28H27N3O2/c1-20(21-8-4-2-5-9-21)29-28(32)26-19-31-18-23(14-17-27(31)30-26)22-12-15-25(16-13-22)33-24-10-6-3-7-11-24/h2-13,15-16,19-20,23H,14,17-18H2,1H3,(H,29,32)/t20-,23+/m0/s1. The fourth-order valence-electron chi connectivity index (χ4n) is 4.35. The second kappa shape index (κ2) is 9.33. The van der Waals surface area contributed by atoms with Crippen LogP contribution >= 0.6 is 0 Å². The second-order valence-electron chi connectivity index (χ2n) is 8.52. The van der Waals surface area contributed by atoms with Gasteiger partial charge in [0.05, 0.1) is 6.04 Å². The molecule has 1 N–H and O–H groups in total. The number of para-hydroxylation sites is 1. The lowest BCUT2D eigenvalue weighted by Crippen LogP contribution is -2.26. The average Bonchev–Trinajstić information content (AvgIpc) is 3.29. The van der Waals surface area contributed by atoms with Gasteiger partial charge in [0, 0.05) is 25.1 Å². The van der Waals surface area contributed by atoms with Gasteiger partial charge in [0.15, 0.2) is 0 Å². The number of benzene rings is 3. The molecule has 2 atom stereocenters. The van der Waals surface area contributed by atoms with Crippen LogP contribution in [0.1, 0.15) is 52.7 Å². The Bertz CT molecular complexity index is 1220. The van der Waals surface area contributed by atoms with Crippen LogP contribution in [-0.4, -0.2) is 15.5 Å². The molecule has 0 unspecified atom stereocenters. The van der Waals surface area contributed by atoms with Crippen molar-refractivity contribution in [2.24, 2.45) is 0 Å². The van der Waals surface area contributed by atoms with E-state index >= 15 is 0 Å². The fourth-order valence-corrected chi connectivity index (χ4v) is 4.35. The van der Waals surface area contributed by atoms with E-state index in [0.717, 1.165) is 42.3 Å². The highest BCUT2D eigenvalue weighted by Crippen LogP contribution is 2.31. The molecule has 5 heteroatoms. The summed E-state index contributed by atoms with van der Waals surface area (Å²) in [5.74, 6) is 2.89. The Labute approximate surface area is 194 Å². The average molecular weight is 438 g/mol. The summed E-state index contributed by atoms with van der Waals surface area (Å²) in [4.78, 5) is 17.4. The number of nitrogens with one attached hydrogen (secondary N) is 1. The molecular formula is C28H27N3O2. The van der Waals surface area contributed by atoms with Gasteiger partial charge in [-0.25, -0.2) is 4.98 Å². The molecule has 0 radical (unpaired) electrons. The minimum Gasteiger partial charge on any atom is -0.457 e. The van der Waals surface area contributed by atoms with Crippen molar-refractivity contribution >= 4 is 5.91 Å². The molecule has 33 heavy (non-hydrogen) atoms. The summed E-state index contributed by atoms with van der Waals surface area (Å²) < 4.78 is 8.04. The van der Waals surface area contributed by atoms with E-state index in [1.54, 1.807) is 0 Å². The first-order valence-electron chi connectivity index (χ1n) is 11.4. The van der Waals surface area contributed by atoms with Gasteiger partial charge in [-0.3, -0.25) is 4.79 Å². The molecule has 0 fully saturated rings. The van der Waals surface area contributed by atoms with Crippen molar-refractivity contribution in [2.45, 2.75) is 38.3 Å². The zero-order valence-corrected chi connectivity index (χ0v) is 18.6. The second-order valence-corrected chi connectivity index (χ2v) is 8.52. The quantitative estimate of drug-likeness (QED) is 0.409. The van der Waals surface area contributed by atoms with E-state index in [1.165, 1.54) is 5.56 Å². The number of carbonyl (C=O) groups excluding carboxylic acids is 1. The van der Waals surface area contributed by atoms with Crippen LogP contribution in [0.5, 0.6) is 11.5 Å². The number of aromatic nitrogens is 2. The van der Waals surface area contributed by atoms with Crippen LogP contribution in [0.25, 0.3) is 0 Å². The number of carbonyl (C=O) groups is 1. The zero-order chi connectivity index (χ0) is 22.6. The first kappa shape index (κ1) is 21.0. The number of amides is 1. The highest BCUT2D eigenvalue weighted by molar-refractivity contribution is 5.92. The van der Waals surface area contributed by atoms with Gasteiger partial charge in [0.2, 0.25) is 0 Å². The lowest BCUT2D eigenvalue weighted by atomic mass is 9.91. The number of ether oxygens (including phenoxy) is 1.